The Bertz CT molecular complexity index is 461. The molecule has 1 aromatic heterocycles. The molecule has 1 heterocycles. The average molecular weight is 293 g/mol. The lowest BCUT2D eigenvalue weighted by atomic mass is 9.86. The van der Waals surface area contributed by atoms with E-state index in [1.165, 1.54) is 12.8 Å². The van der Waals surface area contributed by atoms with Crippen LogP contribution in [0.3, 0.4) is 0 Å². The first-order chi connectivity index (χ1) is 9.99. The van der Waals surface area contributed by atoms with E-state index in [2.05, 4.69) is 31.1 Å². The maximum atomic E-state index is 14.7. The van der Waals surface area contributed by atoms with Crippen LogP contribution in [0.4, 0.5) is 10.2 Å². The average Bonchev–Trinajstić information content (AvgIpc) is 2.45. The molecule has 2 rings (SSSR count). The molecule has 0 amide bonds. The highest BCUT2D eigenvalue weighted by Gasteiger charge is 2.25. The van der Waals surface area contributed by atoms with Crippen molar-refractivity contribution < 1.29 is 4.39 Å². The second-order valence-corrected chi connectivity index (χ2v) is 6.68. The third kappa shape index (κ3) is 4.16. The number of pyridine rings is 1. The summed E-state index contributed by atoms with van der Waals surface area (Å²) in [5.41, 5.74) is 0.699. The van der Waals surface area contributed by atoms with Gasteiger partial charge in [-0.2, -0.15) is 0 Å². The molecule has 0 spiro atoms. The number of hydrogen-bond acceptors (Lipinski definition) is 3. The summed E-state index contributed by atoms with van der Waals surface area (Å²) < 4.78 is 14.7. The van der Waals surface area contributed by atoms with Gasteiger partial charge in [-0.15, -0.1) is 0 Å². The van der Waals surface area contributed by atoms with Crippen LogP contribution in [-0.2, 0) is 6.54 Å². The van der Waals surface area contributed by atoms with Crippen molar-refractivity contribution in [2.45, 2.75) is 65.1 Å². The van der Waals surface area contributed by atoms with Crippen LogP contribution in [0, 0.1) is 11.7 Å². The van der Waals surface area contributed by atoms with E-state index in [4.69, 9.17) is 0 Å². The minimum Gasteiger partial charge on any atom is -0.354 e. The van der Waals surface area contributed by atoms with Gasteiger partial charge in [-0.25, -0.2) is 9.37 Å². The smallest absolute Gasteiger partial charge is 0.170 e. The third-order valence-electron chi connectivity index (χ3n) is 4.44. The third-order valence-corrected chi connectivity index (χ3v) is 4.44. The zero-order valence-corrected chi connectivity index (χ0v) is 13.7. The number of rotatable bonds is 5. The fourth-order valence-electron chi connectivity index (χ4n) is 3.09. The summed E-state index contributed by atoms with van der Waals surface area (Å²) >= 11 is 0. The number of anilines is 1. The number of aromatic nitrogens is 1. The molecule has 3 nitrogen and oxygen atoms in total. The molecule has 0 bridgehead atoms. The largest absolute Gasteiger partial charge is 0.354 e. The quantitative estimate of drug-likeness (QED) is 0.896. The van der Waals surface area contributed by atoms with Crippen molar-refractivity contribution in [2.75, 3.05) is 11.9 Å². The molecule has 1 fully saturated rings. The van der Waals surface area contributed by atoms with Crippen LogP contribution in [0.2, 0.25) is 0 Å². The minimum absolute atomic E-state index is 0.175. The first-order valence-electron chi connectivity index (χ1n) is 8.08. The normalized spacial score (nSPS) is 22.6. The van der Waals surface area contributed by atoms with Crippen LogP contribution >= 0.6 is 0 Å². The topological polar surface area (TPSA) is 28.2 Å². The summed E-state index contributed by atoms with van der Waals surface area (Å²) in [6.45, 7) is 6.96. The molecule has 1 saturated carbocycles. The Morgan fingerprint density at radius 2 is 2.19 bits per heavy atom. The Labute approximate surface area is 127 Å². The second kappa shape index (κ2) is 7.21. The van der Waals surface area contributed by atoms with E-state index < -0.39 is 0 Å². The molecule has 4 heteroatoms. The molecule has 0 aromatic carbocycles. The van der Waals surface area contributed by atoms with Crippen molar-refractivity contribution in [2.24, 2.45) is 5.92 Å². The lowest BCUT2D eigenvalue weighted by Gasteiger charge is -2.35. The molecule has 1 aliphatic rings. The van der Waals surface area contributed by atoms with E-state index in [9.17, 15) is 4.39 Å². The van der Waals surface area contributed by atoms with E-state index in [1.54, 1.807) is 12.3 Å². The summed E-state index contributed by atoms with van der Waals surface area (Å²) in [5, 5.41) is 3.27. The lowest BCUT2D eigenvalue weighted by molar-refractivity contribution is 0.334. The summed E-state index contributed by atoms with van der Waals surface area (Å²) in [7, 11) is 1.98. The van der Waals surface area contributed by atoms with Crippen LogP contribution in [-0.4, -0.2) is 24.1 Å². The molecule has 118 valence electrons. The molecule has 2 unspecified atom stereocenters. The molecule has 2 atom stereocenters. The summed E-state index contributed by atoms with van der Waals surface area (Å²) in [6, 6.07) is 2.52. The Kier molecular flexibility index (Phi) is 5.57. The van der Waals surface area contributed by atoms with E-state index in [0.29, 0.717) is 30.0 Å². The maximum Gasteiger partial charge on any atom is 0.170 e. The van der Waals surface area contributed by atoms with Crippen LogP contribution in [0.25, 0.3) is 0 Å². The van der Waals surface area contributed by atoms with Gasteiger partial charge in [-0.3, -0.25) is 0 Å². The summed E-state index contributed by atoms with van der Waals surface area (Å²) in [4.78, 5) is 6.33. The van der Waals surface area contributed by atoms with Crippen molar-refractivity contribution >= 4 is 5.82 Å². The van der Waals surface area contributed by atoms with Gasteiger partial charge in [0.2, 0.25) is 0 Å². The van der Waals surface area contributed by atoms with Gasteiger partial charge in [0, 0.05) is 37.4 Å². The molecule has 21 heavy (non-hydrogen) atoms. The molecule has 0 aliphatic heterocycles. The first-order valence-corrected chi connectivity index (χ1v) is 8.08. The monoisotopic (exact) mass is 293 g/mol. The van der Waals surface area contributed by atoms with Crippen LogP contribution in [0.15, 0.2) is 12.3 Å². The van der Waals surface area contributed by atoms with Crippen LogP contribution < -0.4 is 10.2 Å². The van der Waals surface area contributed by atoms with Crippen molar-refractivity contribution in [3.05, 3.63) is 23.6 Å². The number of hydrogen-bond donors (Lipinski definition) is 1. The Morgan fingerprint density at radius 3 is 2.86 bits per heavy atom. The van der Waals surface area contributed by atoms with Crippen LogP contribution in [0.1, 0.15) is 52.0 Å². The van der Waals surface area contributed by atoms with Crippen LogP contribution in [0.5, 0.6) is 0 Å². The zero-order valence-electron chi connectivity index (χ0n) is 13.7. The number of halogens is 1. The van der Waals surface area contributed by atoms with Crippen molar-refractivity contribution in [1.82, 2.24) is 10.3 Å². The van der Waals surface area contributed by atoms with Gasteiger partial charge in [0.15, 0.2) is 11.6 Å². The first kappa shape index (κ1) is 16.2. The van der Waals surface area contributed by atoms with E-state index in [-0.39, 0.29) is 5.82 Å². The second-order valence-electron chi connectivity index (χ2n) is 6.68. The van der Waals surface area contributed by atoms with Gasteiger partial charge in [0.05, 0.1) is 0 Å². The maximum absolute atomic E-state index is 14.7. The Morgan fingerprint density at radius 1 is 1.43 bits per heavy atom. The number of nitrogens with zero attached hydrogens (tertiary/aromatic N) is 2. The van der Waals surface area contributed by atoms with Gasteiger partial charge >= 0.3 is 0 Å². The molecular formula is C17H28FN3. The van der Waals surface area contributed by atoms with Gasteiger partial charge in [-0.1, -0.05) is 33.6 Å². The van der Waals surface area contributed by atoms with E-state index in [1.807, 2.05) is 11.9 Å². The fraction of sp³-hybridized carbons (Fsp3) is 0.706. The SMILES string of the molecule is CC1CCCC(N(C)c2nccc(CNC(C)C)c2F)C1. The highest BCUT2D eigenvalue weighted by atomic mass is 19.1. The minimum atomic E-state index is -0.175. The zero-order chi connectivity index (χ0) is 15.4. The standard InChI is InChI=1S/C17H28FN3/c1-12(2)20-11-14-8-9-19-17(16(14)18)21(4)15-7-5-6-13(3)10-15/h8-9,12-13,15,20H,5-7,10-11H2,1-4H3. The van der Waals surface area contributed by atoms with Crippen molar-refractivity contribution in [3.8, 4) is 0 Å². The van der Waals surface area contributed by atoms with E-state index >= 15 is 0 Å². The van der Waals surface area contributed by atoms with Crippen molar-refractivity contribution in [1.29, 1.82) is 0 Å². The molecule has 0 saturated heterocycles. The van der Waals surface area contributed by atoms with Gasteiger partial charge < -0.3 is 10.2 Å². The molecular weight excluding hydrogens is 265 g/mol. The highest BCUT2D eigenvalue weighted by Crippen LogP contribution is 2.30. The molecule has 1 aromatic rings. The van der Waals surface area contributed by atoms with Gasteiger partial charge in [0.25, 0.3) is 0 Å². The van der Waals surface area contributed by atoms with Gasteiger partial charge in [0.1, 0.15) is 0 Å². The number of nitrogens with one attached hydrogen (secondary N) is 1. The summed E-state index contributed by atoms with van der Waals surface area (Å²) in [5.74, 6) is 1.04. The predicted molar refractivity (Wildman–Crippen MR) is 86.0 cm³/mol. The molecule has 0 radical (unpaired) electrons. The fourth-order valence-corrected chi connectivity index (χ4v) is 3.09. The Hall–Kier alpha value is -1.16. The van der Waals surface area contributed by atoms with Crippen molar-refractivity contribution in [3.63, 3.8) is 0 Å². The summed E-state index contributed by atoms with van der Waals surface area (Å²) in [6.07, 6.45) is 6.51. The van der Waals surface area contributed by atoms with E-state index in [0.717, 1.165) is 18.8 Å². The van der Waals surface area contributed by atoms with Gasteiger partial charge in [-0.05, 0) is 24.8 Å². The lowest BCUT2D eigenvalue weighted by Crippen LogP contribution is -2.37. The molecule has 1 N–H and O–H groups in total. The molecule has 1 aliphatic carbocycles. The predicted octanol–water partition coefficient (Wildman–Crippen LogP) is 3.73. The Balaban J connectivity index is 2.13. The highest BCUT2D eigenvalue weighted by molar-refractivity contribution is 5.43.